The van der Waals surface area contributed by atoms with Crippen molar-refractivity contribution in [2.24, 2.45) is 0 Å². The van der Waals surface area contributed by atoms with Crippen molar-refractivity contribution >= 4 is 6.03 Å². The molecule has 2 aliphatic rings. The van der Waals surface area contributed by atoms with Gasteiger partial charge in [-0.1, -0.05) is 0 Å². The number of hydrogen-bond acceptors (Lipinski definition) is 2. The lowest BCUT2D eigenvalue weighted by Crippen LogP contribution is -2.48. The highest BCUT2D eigenvalue weighted by Crippen LogP contribution is 2.25. The maximum absolute atomic E-state index is 13.6. The number of rotatable bonds is 0. The van der Waals surface area contributed by atoms with Crippen LogP contribution in [0.4, 0.5) is 9.18 Å². The molecular weight excluding hydrogens is 199 g/mol. The van der Waals surface area contributed by atoms with E-state index in [0.29, 0.717) is 39.3 Å². The molecule has 2 fully saturated rings. The van der Waals surface area contributed by atoms with Gasteiger partial charge in [0.05, 0.1) is 19.8 Å². The molecule has 2 saturated heterocycles. The second-order valence-corrected chi connectivity index (χ2v) is 4.47. The van der Waals surface area contributed by atoms with Gasteiger partial charge < -0.3 is 14.5 Å². The van der Waals surface area contributed by atoms with Crippen molar-refractivity contribution in [2.45, 2.75) is 19.0 Å². The Morgan fingerprint density at radius 3 is 2.47 bits per heavy atom. The normalized spacial score (nSPS) is 32.1. The van der Waals surface area contributed by atoms with Gasteiger partial charge in [0.2, 0.25) is 0 Å². The fourth-order valence-corrected chi connectivity index (χ4v) is 2.04. The Labute approximate surface area is 89.0 Å². The average molecular weight is 216 g/mol. The minimum Gasteiger partial charge on any atom is -0.378 e. The number of morpholine rings is 1. The van der Waals surface area contributed by atoms with E-state index in [1.807, 2.05) is 0 Å². The molecule has 1 atom stereocenters. The highest BCUT2D eigenvalue weighted by atomic mass is 19.1. The standard InChI is InChI=1S/C10H17FN2O2/c1-10(11)2-3-13(8-10)9(14)12-4-6-15-7-5-12/h2-8H2,1H3/t10-/m1/s1. The number of urea groups is 1. The Morgan fingerprint density at radius 2 is 1.93 bits per heavy atom. The third-order valence-electron chi connectivity index (χ3n) is 2.98. The summed E-state index contributed by atoms with van der Waals surface area (Å²) >= 11 is 0. The van der Waals surface area contributed by atoms with Crippen molar-refractivity contribution in [1.82, 2.24) is 9.80 Å². The number of alkyl halides is 1. The van der Waals surface area contributed by atoms with Gasteiger partial charge in [-0.2, -0.15) is 0 Å². The largest absolute Gasteiger partial charge is 0.378 e. The molecule has 2 heterocycles. The summed E-state index contributed by atoms with van der Waals surface area (Å²) in [7, 11) is 0. The van der Waals surface area contributed by atoms with Gasteiger partial charge in [-0.15, -0.1) is 0 Å². The molecule has 2 amide bonds. The van der Waals surface area contributed by atoms with E-state index in [4.69, 9.17) is 4.74 Å². The summed E-state index contributed by atoms with van der Waals surface area (Å²) < 4.78 is 18.7. The van der Waals surface area contributed by atoms with Crippen LogP contribution in [0.25, 0.3) is 0 Å². The van der Waals surface area contributed by atoms with Gasteiger partial charge in [0.1, 0.15) is 5.67 Å². The Hall–Kier alpha value is -0.840. The van der Waals surface area contributed by atoms with Crippen molar-refractivity contribution in [1.29, 1.82) is 0 Å². The predicted molar refractivity (Wildman–Crippen MR) is 53.5 cm³/mol. The van der Waals surface area contributed by atoms with Gasteiger partial charge in [0.25, 0.3) is 0 Å². The molecule has 0 aromatic carbocycles. The average Bonchev–Trinajstić information content (AvgIpc) is 2.59. The molecule has 15 heavy (non-hydrogen) atoms. The third-order valence-corrected chi connectivity index (χ3v) is 2.98. The molecule has 86 valence electrons. The number of hydrogen-bond donors (Lipinski definition) is 0. The second-order valence-electron chi connectivity index (χ2n) is 4.47. The fourth-order valence-electron chi connectivity index (χ4n) is 2.04. The quantitative estimate of drug-likeness (QED) is 0.602. The van der Waals surface area contributed by atoms with Gasteiger partial charge in [-0.3, -0.25) is 0 Å². The molecule has 0 saturated carbocycles. The number of halogens is 1. The summed E-state index contributed by atoms with van der Waals surface area (Å²) in [6.45, 7) is 4.74. The maximum Gasteiger partial charge on any atom is 0.320 e. The molecule has 4 nitrogen and oxygen atoms in total. The van der Waals surface area contributed by atoms with Crippen LogP contribution in [0.1, 0.15) is 13.3 Å². The van der Waals surface area contributed by atoms with Crippen molar-refractivity contribution in [3.05, 3.63) is 0 Å². The highest BCUT2D eigenvalue weighted by molar-refractivity contribution is 5.75. The van der Waals surface area contributed by atoms with E-state index in [9.17, 15) is 9.18 Å². The number of carbonyl (C=O) groups is 1. The molecule has 0 spiro atoms. The molecule has 0 N–H and O–H groups in total. The van der Waals surface area contributed by atoms with E-state index >= 15 is 0 Å². The first kappa shape index (κ1) is 10.7. The third kappa shape index (κ3) is 2.40. The smallest absolute Gasteiger partial charge is 0.320 e. The second kappa shape index (κ2) is 3.96. The van der Waals surface area contributed by atoms with Gasteiger partial charge in [-0.05, 0) is 6.92 Å². The molecule has 2 rings (SSSR count). The topological polar surface area (TPSA) is 32.8 Å². The van der Waals surface area contributed by atoms with E-state index in [1.165, 1.54) is 0 Å². The number of carbonyl (C=O) groups excluding carboxylic acids is 1. The van der Waals surface area contributed by atoms with Crippen LogP contribution in [0.3, 0.4) is 0 Å². The summed E-state index contributed by atoms with van der Waals surface area (Å²) in [5.41, 5.74) is -1.21. The maximum atomic E-state index is 13.6. The molecule has 0 aromatic heterocycles. The Kier molecular flexibility index (Phi) is 2.82. The minimum absolute atomic E-state index is 0.0420. The van der Waals surface area contributed by atoms with Gasteiger partial charge >= 0.3 is 6.03 Å². The Bertz CT molecular complexity index is 252. The van der Waals surface area contributed by atoms with Crippen LogP contribution in [0.5, 0.6) is 0 Å². The summed E-state index contributed by atoms with van der Waals surface area (Å²) in [6.07, 6.45) is 0.448. The number of ether oxygens (including phenoxy) is 1. The van der Waals surface area contributed by atoms with Crippen LogP contribution in [0, 0.1) is 0 Å². The first-order valence-corrected chi connectivity index (χ1v) is 5.39. The van der Waals surface area contributed by atoms with E-state index in [1.54, 1.807) is 16.7 Å². The van der Waals surface area contributed by atoms with Crippen molar-refractivity contribution in [3.8, 4) is 0 Å². The van der Waals surface area contributed by atoms with Crippen LogP contribution >= 0.6 is 0 Å². The molecular formula is C10H17FN2O2. The van der Waals surface area contributed by atoms with Crippen molar-refractivity contribution in [3.63, 3.8) is 0 Å². The van der Waals surface area contributed by atoms with Crippen LogP contribution in [0.15, 0.2) is 0 Å². The summed E-state index contributed by atoms with van der Waals surface area (Å²) in [5, 5.41) is 0. The van der Waals surface area contributed by atoms with Crippen molar-refractivity contribution < 1.29 is 13.9 Å². The van der Waals surface area contributed by atoms with E-state index in [2.05, 4.69) is 0 Å². The van der Waals surface area contributed by atoms with Gasteiger partial charge in [0.15, 0.2) is 0 Å². The predicted octanol–water partition coefficient (Wildman–Crippen LogP) is 0.873. The molecule has 0 unspecified atom stereocenters. The number of amides is 2. The van der Waals surface area contributed by atoms with Crippen LogP contribution in [-0.2, 0) is 4.74 Å². The van der Waals surface area contributed by atoms with Gasteiger partial charge in [0, 0.05) is 26.1 Å². The monoisotopic (exact) mass is 216 g/mol. The first-order valence-electron chi connectivity index (χ1n) is 5.39. The van der Waals surface area contributed by atoms with Gasteiger partial charge in [-0.25, -0.2) is 9.18 Å². The van der Waals surface area contributed by atoms with Crippen LogP contribution < -0.4 is 0 Å². The highest BCUT2D eigenvalue weighted by Gasteiger charge is 2.37. The molecule has 0 aromatic rings. The minimum atomic E-state index is -1.21. The first-order chi connectivity index (χ1) is 7.08. The van der Waals surface area contributed by atoms with E-state index < -0.39 is 5.67 Å². The lowest BCUT2D eigenvalue weighted by atomic mass is 10.1. The summed E-state index contributed by atoms with van der Waals surface area (Å²) in [5.74, 6) is 0. The number of likely N-dealkylation sites (tertiary alicyclic amines) is 1. The van der Waals surface area contributed by atoms with Crippen LogP contribution in [-0.4, -0.2) is 60.9 Å². The molecule has 0 radical (unpaired) electrons. The zero-order valence-corrected chi connectivity index (χ0v) is 9.04. The van der Waals surface area contributed by atoms with Crippen molar-refractivity contribution in [2.75, 3.05) is 39.4 Å². The Balaban J connectivity index is 1.90. The van der Waals surface area contributed by atoms with E-state index in [-0.39, 0.29) is 12.6 Å². The zero-order chi connectivity index (χ0) is 10.9. The summed E-state index contributed by atoms with van der Waals surface area (Å²) in [4.78, 5) is 15.3. The van der Waals surface area contributed by atoms with Crippen LogP contribution in [0.2, 0.25) is 0 Å². The zero-order valence-electron chi connectivity index (χ0n) is 9.04. The SMILES string of the molecule is C[C@@]1(F)CCN(C(=O)N2CCOCC2)C1. The lowest BCUT2D eigenvalue weighted by molar-refractivity contribution is 0.0439. The molecule has 0 bridgehead atoms. The molecule has 5 heteroatoms. The number of nitrogens with zero attached hydrogens (tertiary/aromatic N) is 2. The summed E-state index contributed by atoms with van der Waals surface area (Å²) in [6, 6.07) is -0.0420. The molecule has 0 aliphatic carbocycles. The van der Waals surface area contributed by atoms with E-state index in [0.717, 1.165) is 0 Å². The fraction of sp³-hybridized carbons (Fsp3) is 0.900. The Morgan fingerprint density at radius 1 is 1.27 bits per heavy atom. The molecule has 2 aliphatic heterocycles. The lowest BCUT2D eigenvalue weighted by Gasteiger charge is -2.31.